The van der Waals surface area contributed by atoms with Crippen LogP contribution in [0.3, 0.4) is 0 Å². The zero-order valence-corrected chi connectivity index (χ0v) is 14.0. The second kappa shape index (κ2) is 6.92. The third-order valence-corrected chi connectivity index (χ3v) is 5.14. The zero-order chi connectivity index (χ0) is 14.7. The first-order valence-corrected chi connectivity index (χ1v) is 8.08. The minimum absolute atomic E-state index is 0.0724. The Morgan fingerprint density at radius 2 is 2.05 bits per heavy atom. The molecule has 1 aromatic rings. The van der Waals surface area contributed by atoms with Crippen LogP contribution in [0.5, 0.6) is 0 Å². The van der Waals surface area contributed by atoms with E-state index in [0.29, 0.717) is 24.7 Å². The summed E-state index contributed by atoms with van der Waals surface area (Å²) in [6, 6.07) is 7.61. The summed E-state index contributed by atoms with van der Waals surface area (Å²) in [5.74, 6) is 0.418. The number of hydrogen-bond acceptors (Lipinski definition) is 2. The number of alkyl halides is 1. The fourth-order valence-electron chi connectivity index (χ4n) is 2.19. The highest BCUT2D eigenvalue weighted by Gasteiger charge is 2.30. The molecular formula is C15H19BrClNO2. The van der Waals surface area contributed by atoms with E-state index in [1.807, 2.05) is 43.0 Å². The number of nitrogens with zero attached hydrogens (tertiary/aromatic N) is 1. The Labute approximate surface area is 133 Å². The van der Waals surface area contributed by atoms with Crippen LogP contribution in [-0.4, -0.2) is 35.3 Å². The number of carbonyl (C=O) groups is 1. The highest BCUT2D eigenvalue weighted by molar-refractivity contribution is 9.10. The summed E-state index contributed by atoms with van der Waals surface area (Å²) in [5, 5.41) is 0.706. The summed E-state index contributed by atoms with van der Waals surface area (Å²) in [6.07, 6.45) is -0.0724. The zero-order valence-electron chi connectivity index (χ0n) is 11.7. The smallest absolute Gasteiger partial charge is 0.236 e. The Morgan fingerprint density at radius 3 is 2.65 bits per heavy atom. The van der Waals surface area contributed by atoms with E-state index >= 15 is 0 Å². The van der Waals surface area contributed by atoms with Crippen molar-refractivity contribution in [1.82, 2.24) is 4.90 Å². The molecule has 5 heteroatoms. The average molecular weight is 361 g/mol. The molecule has 1 aromatic carbocycles. The molecule has 110 valence electrons. The quantitative estimate of drug-likeness (QED) is 0.770. The number of benzene rings is 1. The predicted octanol–water partition coefficient (Wildman–Crippen LogP) is 3.66. The fraction of sp³-hybridized carbons (Fsp3) is 0.533. The molecule has 20 heavy (non-hydrogen) atoms. The van der Waals surface area contributed by atoms with Crippen molar-refractivity contribution in [2.24, 2.45) is 5.92 Å². The number of hydrogen-bond donors (Lipinski definition) is 0. The van der Waals surface area contributed by atoms with E-state index in [-0.39, 0.29) is 22.8 Å². The maximum atomic E-state index is 12.4. The van der Waals surface area contributed by atoms with Crippen LogP contribution in [0.25, 0.3) is 0 Å². The van der Waals surface area contributed by atoms with Crippen LogP contribution in [0, 0.1) is 5.92 Å². The Kier molecular flexibility index (Phi) is 5.47. The topological polar surface area (TPSA) is 29.5 Å². The van der Waals surface area contributed by atoms with Gasteiger partial charge in [-0.3, -0.25) is 4.79 Å². The van der Waals surface area contributed by atoms with Crippen LogP contribution in [0.15, 0.2) is 24.3 Å². The molecule has 0 N–H and O–H groups in total. The molecule has 0 bridgehead atoms. The van der Waals surface area contributed by atoms with E-state index in [9.17, 15) is 4.79 Å². The summed E-state index contributed by atoms with van der Waals surface area (Å²) in [7, 11) is 0. The standard InChI is InChI=1S/C15H19BrClNO2/c1-10(2)14(16)15(19)18-7-8-20-13(9-18)11-3-5-12(17)6-4-11/h3-6,10,13-14H,7-9H2,1-2H3. The van der Waals surface area contributed by atoms with Crippen molar-refractivity contribution in [2.75, 3.05) is 19.7 Å². The Hall–Kier alpha value is -0.580. The van der Waals surface area contributed by atoms with Crippen molar-refractivity contribution in [3.63, 3.8) is 0 Å². The maximum absolute atomic E-state index is 12.4. The van der Waals surface area contributed by atoms with E-state index in [4.69, 9.17) is 16.3 Å². The lowest BCUT2D eigenvalue weighted by atomic mass is 10.1. The lowest BCUT2D eigenvalue weighted by Crippen LogP contribution is -2.46. The van der Waals surface area contributed by atoms with Crippen LogP contribution in [0.2, 0.25) is 5.02 Å². The van der Waals surface area contributed by atoms with E-state index < -0.39 is 0 Å². The Bertz CT molecular complexity index is 463. The van der Waals surface area contributed by atoms with E-state index in [2.05, 4.69) is 15.9 Å². The minimum atomic E-state index is -0.133. The van der Waals surface area contributed by atoms with Crippen LogP contribution in [0.4, 0.5) is 0 Å². The maximum Gasteiger partial charge on any atom is 0.236 e. The van der Waals surface area contributed by atoms with Crippen LogP contribution in [0.1, 0.15) is 25.5 Å². The highest BCUT2D eigenvalue weighted by atomic mass is 79.9. The first-order valence-electron chi connectivity index (χ1n) is 6.79. The monoisotopic (exact) mass is 359 g/mol. The van der Waals surface area contributed by atoms with Crippen LogP contribution >= 0.6 is 27.5 Å². The lowest BCUT2D eigenvalue weighted by molar-refractivity contribution is -0.139. The summed E-state index contributed by atoms with van der Waals surface area (Å²) in [6.45, 7) is 5.88. The summed E-state index contributed by atoms with van der Waals surface area (Å²) >= 11 is 9.37. The Balaban J connectivity index is 2.05. The van der Waals surface area contributed by atoms with Crippen molar-refractivity contribution < 1.29 is 9.53 Å². The largest absolute Gasteiger partial charge is 0.370 e. The van der Waals surface area contributed by atoms with Gasteiger partial charge in [0.05, 0.1) is 18.0 Å². The molecule has 3 nitrogen and oxygen atoms in total. The third-order valence-electron chi connectivity index (χ3n) is 3.44. The highest BCUT2D eigenvalue weighted by Crippen LogP contribution is 2.25. The summed E-state index contributed by atoms with van der Waals surface area (Å²) < 4.78 is 5.77. The first-order chi connectivity index (χ1) is 9.49. The number of carbonyl (C=O) groups excluding carboxylic acids is 1. The van der Waals surface area contributed by atoms with Crippen LogP contribution < -0.4 is 0 Å². The molecule has 0 aromatic heterocycles. The number of amides is 1. The minimum Gasteiger partial charge on any atom is -0.370 e. The predicted molar refractivity (Wildman–Crippen MR) is 84.3 cm³/mol. The number of ether oxygens (including phenoxy) is 1. The lowest BCUT2D eigenvalue weighted by Gasteiger charge is -2.35. The van der Waals surface area contributed by atoms with Gasteiger partial charge in [-0.15, -0.1) is 0 Å². The van der Waals surface area contributed by atoms with Crippen molar-refractivity contribution in [2.45, 2.75) is 24.8 Å². The van der Waals surface area contributed by atoms with Crippen molar-refractivity contribution in [1.29, 1.82) is 0 Å². The van der Waals surface area contributed by atoms with Gasteiger partial charge in [-0.1, -0.05) is 53.5 Å². The van der Waals surface area contributed by atoms with Gasteiger partial charge in [-0.2, -0.15) is 0 Å². The molecule has 2 rings (SSSR count). The normalized spacial score (nSPS) is 21.1. The molecule has 1 aliphatic heterocycles. The van der Waals surface area contributed by atoms with Gasteiger partial charge in [-0.05, 0) is 23.6 Å². The van der Waals surface area contributed by atoms with Gasteiger partial charge in [0.1, 0.15) is 6.10 Å². The summed E-state index contributed by atoms with van der Waals surface area (Å²) in [5.41, 5.74) is 1.06. The molecule has 1 aliphatic rings. The number of rotatable bonds is 3. The van der Waals surface area contributed by atoms with Gasteiger partial charge in [0, 0.05) is 11.6 Å². The van der Waals surface area contributed by atoms with Crippen molar-refractivity contribution >= 4 is 33.4 Å². The third kappa shape index (κ3) is 3.74. The molecule has 0 aliphatic carbocycles. The number of morpholine rings is 1. The molecule has 0 spiro atoms. The van der Waals surface area contributed by atoms with Gasteiger partial charge in [0.25, 0.3) is 0 Å². The molecular weight excluding hydrogens is 342 g/mol. The first kappa shape index (κ1) is 15.8. The van der Waals surface area contributed by atoms with Gasteiger partial charge >= 0.3 is 0 Å². The van der Waals surface area contributed by atoms with Crippen molar-refractivity contribution in [3.05, 3.63) is 34.9 Å². The van der Waals surface area contributed by atoms with E-state index in [1.54, 1.807) is 0 Å². The molecule has 0 saturated carbocycles. The van der Waals surface area contributed by atoms with Gasteiger partial charge in [0.15, 0.2) is 0 Å². The molecule has 2 atom stereocenters. The molecule has 0 radical (unpaired) electrons. The van der Waals surface area contributed by atoms with Crippen molar-refractivity contribution in [3.8, 4) is 0 Å². The molecule has 1 saturated heterocycles. The molecule has 1 heterocycles. The van der Waals surface area contributed by atoms with E-state index in [0.717, 1.165) is 5.56 Å². The second-order valence-electron chi connectivity index (χ2n) is 5.34. The van der Waals surface area contributed by atoms with Gasteiger partial charge in [0.2, 0.25) is 5.91 Å². The van der Waals surface area contributed by atoms with Gasteiger partial charge in [-0.25, -0.2) is 0 Å². The second-order valence-corrected chi connectivity index (χ2v) is 6.76. The van der Waals surface area contributed by atoms with E-state index in [1.165, 1.54) is 0 Å². The molecule has 1 amide bonds. The van der Waals surface area contributed by atoms with Crippen LogP contribution in [-0.2, 0) is 9.53 Å². The number of halogens is 2. The molecule has 1 fully saturated rings. The average Bonchev–Trinajstić information content (AvgIpc) is 2.46. The molecule has 2 unspecified atom stereocenters. The fourth-order valence-corrected chi connectivity index (χ4v) is 2.60. The Morgan fingerprint density at radius 1 is 1.40 bits per heavy atom. The summed E-state index contributed by atoms with van der Waals surface area (Å²) in [4.78, 5) is 14.1. The SMILES string of the molecule is CC(C)C(Br)C(=O)N1CCOC(c2ccc(Cl)cc2)C1. The van der Waals surface area contributed by atoms with Gasteiger partial charge < -0.3 is 9.64 Å².